The van der Waals surface area contributed by atoms with Crippen molar-refractivity contribution >= 4 is 33.8 Å². The van der Waals surface area contributed by atoms with Crippen molar-refractivity contribution < 1.29 is 9.90 Å². The smallest absolute Gasteiger partial charge is 0.248 e. The molecule has 0 saturated carbocycles. The number of carbonyl (C=O) groups excluding carboxylic acids is 1. The van der Waals surface area contributed by atoms with Crippen molar-refractivity contribution in [1.29, 1.82) is 0 Å². The van der Waals surface area contributed by atoms with E-state index in [9.17, 15) is 4.79 Å². The largest absolute Gasteiger partial charge is 0.387 e. The minimum Gasteiger partial charge on any atom is -0.387 e. The van der Waals surface area contributed by atoms with E-state index in [2.05, 4.69) is 26.3 Å². The Bertz CT molecular complexity index is 1180. The average Bonchev–Trinajstić information content (AvgIpc) is 3.30. The number of benzene rings is 1. The Morgan fingerprint density at radius 2 is 2.18 bits per heavy atom. The molecule has 0 unspecified atom stereocenters. The fraction of sp³-hybridized carbons (Fsp3) is 0.250. The van der Waals surface area contributed by atoms with Crippen LogP contribution in [0.1, 0.15) is 5.56 Å². The molecule has 0 spiro atoms. The Kier molecular flexibility index (Phi) is 4.48. The molecule has 144 valence electrons. The number of hydrogen-bond donors (Lipinski definition) is 3. The molecule has 0 aliphatic rings. The van der Waals surface area contributed by atoms with Gasteiger partial charge in [-0.15, -0.1) is 0 Å². The molecule has 0 radical (unpaired) electrons. The summed E-state index contributed by atoms with van der Waals surface area (Å²) in [5.74, 6) is 0.424. The fourth-order valence-corrected chi connectivity index (χ4v) is 3.45. The van der Waals surface area contributed by atoms with Crippen molar-refractivity contribution in [3.63, 3.8) is 0 Å². The van der Waals surface area contributed by atoms with Crippen LogP contribution in [0.25, 0.3) is 33.3 Å². The number of hydrogen-bond acceptors (Lipinski definition) is 5. The highest BCUT2D eigenvalue weighted by Gasteiger charge is 2.15. The number of imidazole rings is 1. The Morgan fingerprint density at radius 3 is 2.93 bits per heavy atom. The summed E-state index contributed by atoms with van der Waals surface area (Å²) in [5, 5.41) is 13.1. The topological polar surface area (TPSA) is 99.1 Å². The van der Waals surface area contributed by atoms with Crippen LogP contribution in [0.5, 0.6) is 0 Å². The monoisotopic (exact) mass is 378 g/mol. The third-order valence-electron chi connectivity index (χ3n) is 4.89. The number of rotatable bonds is 5. The van der Waals surface area contributed by atoms with E-state index >= 15 is 0 Å². The van der Waals surface area contributed by atoms with Crippen molar-refractivity contribution in [2.24, 2.45) is 7.05 Å². The number of aromatic nitrogens is 4. The minimum atomic E-state index is -0.488. The number of fused-ring (bicyclic) bond motifs is 3. The van der Waals surface area contributed by atoms with Crippen LogP contribution in [0.4, 0.5) is 5.82 Å². The van der Waals surface area contributed by atoms with Gasteiger partial charge in [0.2, 0.25) is 5.91 Å². The van der Waals surface area contributed by atoms with Crippen molar-refractivity contribution in [3.05, 3.63) is 42.2 Å². The van der Waals surface area contributed by atoms with Crippen molar-refractivity contribution in [2.45, 2.75) is 6.54 Å². The Hall–Kier alpha value is -3.39. The molecule has 0 atom stereocenters. The molecule has 0 bridgehead atoms. The second-order valence-electron chi connectivity index (χ2n) is 6.82. The number of H-pyrrole nitrogens is 1. The summed E-state index contributed by atoms with van der Waals surface area (Å²) < 4.78 is 1.99. The lowest BCUT2D eigenvalue weighted by molar-refractivity contribution is -0.133. The average molecular weight is 378 g/mol. The molecular weight excluding hydrogens is 356 g/mol. The summed E-state index contributed by atoms with van der Waals surface area (Å²) in [5.41, 5.74) is 5.56. The van der Waals surface area contributed by atoms with Gasteiger partial charge in [0.15, 0.2) is 5.82 Å². The molecular formula is C20H22N6O2. The first kappa shape index (κ1) is 18.0. The lowest BCUT2D eigenvalue weighted by Crippen LogP contribution is -2.28. The van der Waals surface area contributed by atoms with E-state index in [1.165, 1.54) is 4.90 Å². The highest BCUT2D eigenvalue weighted by atomic mass is 16.3. The van der Waals surface area contributed by atoms with Crippen LogP contribution < -0.4 is 5.32 Å². The van der Waals surface area contributed by atoms with E-state index < -0.39 is 6.61 Å². The second-order valence-corrected chi connectivity index (χ2v) is 6.82. The van der Waals surface area contributed by atoms with Gasteiger partial charge in [0.05, 0.1) is 11.8 Å². The van der Waals surface area contributed by atoms with E-state index in [-0.39, 0.29) is 5.91 Å². The van der Waals surface area contributed by atoms with E-state index in [0.717, 1.165) is 44.7 Å². The maximum Gasteiger partial charge on any atom is 0.248 e. The first-order valence-corrected chi connectivity index (χ1v) is 8.97. The molecule has 0 aliphatic carbocycles. The van der Waals surface area contributed by atoms with Crippen molar-refractivity contribution in [3.8, 4) is 11.3 Å². The Balaban J connectivity index is 1.78. The van der Waals surface area contributed by atoms with E-state index in [1.54, 1.807) is 13.4 Å². The quantitative estimate of drug-likeness (QED) is 0.494. The van der Waals surface area contributed by atoms with Gasteiger partial charge in [-0.3, -0.25) is 4.79 Å². The maximum atomic E-state index is 11.6. The summed E-state index contributed by atoms with van der Waals surface area (Å²) in [6.45, 7) is -0.0556. The molecule has 1 amide bonds. The summed E-state index contributed by atoms with van der Waals surface area (Å²) in [6.07, 6.45) is 1.79. The van der Waals surface area contributed by atoms with Crippen LogP contribution in [0.2, 0.25) is 0 Å². The number of aliphatic hydroxyl groups is 1. The lowest BCUT2D eigenvalue weighted by Gasteiger charge is -2.16. The Morgan fingerprint density at radius 1 is 1.36 bits per heavy atom. The number of pyridine rings is 1. The van der Waals surface area contributed by atoms with Gasteiger partial charge in [-0.25, -0.2) is 9.97 Å². The molecule has 1 aromatic carbocycles. The van der Waals surface area contributed by atoms with Gasteiger partial charge < -0.3 is 24.9 Å². The summed E-state index contributed by atoms with van der Waals surface area (Å²) in [4.78, 5) is 25.7. The molecule has 0 aliphatic heterocycles. The molecule has 28 heavy (non-hydrogen) atoms. The zero-order valence-corrected chi connectivity index (χ0v) is 16.0. The molecule has 0 saturated heterocycles. The summed E-state index contributed by atoms with van der Waals surface area (Å²) >= 11 is 0. The molecule has 0 fully saturated rings. The van der Waals surface area contributed by atoms with Crippen LogP contribution in [0.3, 0.4) is 0 Å². The van der Waals surface area contributed by atoms with Crippen molar-refractivity contribution in [1.82, 2.24) is 24.4 Å². The van der Waals surface area contributed by atoms with Gasteiger partial charge in [-0.1, -0.05) is 18.2 Å². The molecule has 4 rings (SSSR count). The predicted octanol–water partition coefficient (Wildman–Crippen LogP) is 2.11. The number of nitrogens with one attached hydrogen (secondary N) is 2. The highest BCUT2D eigenvalue weighted by molar-refractivity contribution is 6.07. The minimum absolute atomic E-state index is 0.307. The third kappa shape index (κ3) is 2.97. The molecule has 3 heterocycles. The van der Waals surface area contributed by atoms with Crippen LogP contribution in [-0.2, 0) is 18.4 Å². The summed E-state index contributed by atoms with van der Waals surface area (Å²) in [7, 11) is 5.48. The van der Waals surface area contributed by atoms with Gasteiger partial charge in [0.25, 0.3) is 0 Å². The highest BCUT2D eigenvalue weighted by Crippen LogP contribution is 2.31. The first-order valence-electron chi connectivity index (χ1n) is 8.97. The van der Waals surface area contributed by atoms with Crippen molar-refractivity contribution in [2.75, 3.05) is 26.0 Å². The number of amides is 1. The number of aliphatic hydroxyl groups excluding tert-OH is 1. The molecule has 8 nitrogen and oxygen atoms in total. The maximum absolute atomic E-state index is 11.6. The number of nitrogens with zero attached hydrogens (tertiary/aromatic N) is 4. The number of aryl methyl sites for hydroxylation is 1. The van der Waals surface area contributed by atoms with Gasteiger partial charge >= 0.3 is 0 Å². The standard InChI is InChI=1S/C20H22N6O2/c1-21-20-17-18(26(3)11-22-17)14-8-15(23-19(14)24-20)13-6-4-5-12(7-13)9-25(2)16(28)10-27/h4-8,11,27H,9-10H2,1-3H3,(H2,21,23,24). The zero-order chi connectivity index (χ0) is 19.8. The third-order valence-corrected chi connectivity index (χ3v) is 4.89. The van der Waals surface area contributed by atoms with Crippen LogP contribution in [0, 0.1) is 0 Å². The Labute approximate surface area is 161 Å². The number of carbonyl (C=O) groups is 1. The van der Waals surface area contributed by atoms with E-state index in [0.29, 0.717) is 6.54 Å². The second kappa shape index (κ2) is 6.97. The fourth-order valence-electron chi connectivity index (χ4n) is 3.45. The van der Waals surface area contributed by atoms with Gasteiger partial charge in [-0.05, 0) is 23.3 Å². The van der Waals surface area contributed by atoms with Crippen LogP contribution in [-0.4, -0.2) is 56.1 Å². The van der Waals surface area contributed by atoms with Crippen LogP contribution >= 0.6 is 0 Å². The van der Waals surface area contributed by atoms with Gasteiger partial charge in [-0.2, -0.15) is 0 Å². The lowest BCUT2D eigenvalue weighted by atomic mass is 10.1. The molecule has 8 heteroatoms. The van der Waals surface area contributed by atoms with E-state index in [4.69, 9.17) is 5.11 Å². The summed E-state index contributed by atoms with van der Waals surface area (Å²) in [6, 6.07) is 10.0. The SMILES string of the molecule is CNc1nc2[nH]c(-c3cccc(CN(C)C(=O)CO)c3)cc2c2c1ncn2C. The first-order chi connectivity index (χ1) is 13.5. The van der Waals surface area contributed by atoms with Crippen LogP contribution in [0.15, 0.2) is 36.7 Å². The normalized spacial score (nSPS) is 11.3. The predicted molar refractivity (Wildman–Crippen MR) is 109 cm³/mol. The number of likely N-dealkylation sites (N-methyl/N-ethyl adjacent to an activating group) is 1. The molecule has 3 N–H and O–H groups in total. The zero-order valence-electron chi connectivity index (χ0n) is 16.0. The van der Waals surface area contributed by atoms with Gasteiger partial charge in [0, 0.05) is 38.8 Å². The van der Waals surface area contributed by atoms with E-state index in [1.807, 2.05) is 42.9 Å². The number of aromatic amines is 1. The molecule has 3 aromatic heterocycles. The molecule has 4 aromatic rings. The number of anilines is 1. The van der Waals surface area contributed by atoms with Gasteiger partial charge in [0.1, 0.15) is 17.8 Å².